The second kappa shape index (κ2) is 7.84. The van der Waals surface area contributed by atoms with E-state index in [1.54, 1.807) is 19.9 Å². The average molecular weight is 379 g/mol. The number of halogens is 1. The summed E-state index contributed by atoms with van der Waals surface area (Å²) in [5.74, 6) is -1.09. The molecule has 8 heteroatoms. The third-order valence-electron chi connectivity index (χ3n) is 3.99. The van der Waals surface area contributed by atoms with Crippen molar-refractivity contribution in [1.29, 1.82) is 0 Å². The molecule has 26 heavy (non-hydrogen) atoms. The summed E-state index contributed by atoms with van der Waals surface area (Å²) in [6.45, 7) is 5.33. The van der Waals surface area contributed by atoms with E-state index >= 15 is 0 Å². The van der Waals surface area contributed by atoms with Crippen LogP contribution in [0.5, 0.6) is 0 Å². The first-order valence-electron chi connectivity index (χ1n) is 8.13. The zero-order chi connectivity index (χ0) is 19.5. The number of nitrogens with two attached hydrogens (primary N) is 1. The highest BCUT2D eigenvalue weighted by Gasteiger charge is 2.20. The van der Waals surface area contributed by atoms with Gasteiger partial charge in [-0.05, 0) is 56.2 Å². The van der Waals surface area contributed by atoms with Crippen molar-refractivity contribution in [2.45, 2.75) is 38.1 Å². The van der Waals surface area contributed by atoms with Crippen LogP contribution in [0.2, 0.25) is 0 Å². The van der Waals surface area contributed by atoms with Gasteiger partial charge in [0.15, 0.2) is 0 Å². The second-order valence-electron chi connectivity index (χ2n) is 6.10. The van der Waals surface area contributed by atoms with Crippen LogP contribution in [0, 0.1) is 12.7 Å². The lowest BCUT2D eigenvalue weighted by Gasteiger charge is -2.14. The maximum Gasteiger partial charge on any atom is 0.255 e. The zero-order valence-corrected chi connectivity index (χ0v) is 15.7. The minimum absolute atomic E-state index is 0.00664. The summed E-state index contributed by atoms with van der Waals surface area (Å²) in [5.41, 5.74) is 6.54. The number of hydrogen-bond donors (Lipinski definition) is 3. The molecule has 0 saturated carbocycles. The van der Waals surface area contributed by atoms with E-state index in [1.165, 1.54) is 24.3 Å². The molecule has 0 unspecified atom stereocenters. The molecule has 0 spiro atoms. The molecule has 0 aromatic heterocycles. The summed E-state index contributed by atoms with van der Waals surface area (Å²) in [4.78, 5) is 12.5. The number of anilines is 2. The molecule has 2 rings (SSSR count). The summed E-state index contributed by atoms with van der Waals surface area (Å²) in [5, 5.41) is 2.60. The summed E-state index contributed by atoms with van der Waals surface area (Å²) >= 11 is 0. The molecule has 1 atom stereocenters. The number of nitrogen functional groups attached to an aromatic ring is 1. The van der Waals surface area contributed by atoms with Crippen LogP contribution in [0.4, 0.5) is 15.8 Å². The molecular formula is C18H22FN3O3S. The molecule has 4 N–H and O–H groups in total. The normalized spacial score (nSPS) is 12.6. The third-order valence-corrected chi connectivity index (χ3v) is 5.57. The SMILES string of the molecule is CC[C@H](C)NS(=O)(=O)c1ccc(C)c(C(=O)Nc2ccc(F)c(N)c2)c1. The van der Waals surface area contributed by atoms with Crippen LogP contribution < -0.4 is 15.8 Å². The highest BCUT2D eigenvalue weighted by Crippen LogP contribution is 2.20. The zero-order valence-electron chi connectivity index (χ0n) is 14.8. The molecule has 6 nitrogen and oxygen atoms in total. The number of benzene rings is 2. The molecule has 0 aliphatic heterocycles. The Morgan fingerprint density at radius 1 is 1.23 bits per heavy atom. The molecule has 140 valence electrons. The molecule has 1 amide bonds. The van der Waals surface area contributed by atoms with Crippen molar-refractivity contribution in [2.75, 3.05) is 11.1 Å². The number of amides is 1. The molecule has 0 heterocycles. The predicted octanol–water partition coefficient (Wildman–Crippen LogP) is 3.05. The number of rotatable bonds is 6. The standard InChI is InChI=1S/C18H22FN3O3S/c1-4-12(3)22-26(24,25)14-7-5-11(2)15(10-14)18(23)21-13-6-8-16(19)17(20)9-13/h5-10,12,22H,4,20H2,1-3H3,(H,21,23)/t12-/m0/s1. The van der Waals surface area contributed by atoms with E-state index in [0.29, 0.717) is 17.7 Å². The lowest BCUT2D eigenvalue weighted by molar-refractivity contribution is 0.102. The lowest BCUT2D eigenvalue weighted by Crippen LogP contribution is -2.32. The first-order chi connectivity index (χ1) is 12.1. The van der Waals surface area contributed by atoms with Gasteiger partial charge in [-0.25, -0.2) is 17.5 Å². The van der Waals surface area contributed by atoms with Gasteiger partial charge >= 0.3 is 0 Å². The minimum atomic E-state index is -3.73. The van der Waals surface area contributed by atoms with Crippen LogP contribution in [-0.2, 0) is 10.0 Å². The number of aryl methyl sites for hydroxylation is 1. The summed E-state index contributed by atoms with van der Waals surface area (Å²) < 4.78 is 40.6. The van der Waals surface area contributed by atoms with Gasteiger partial charge in [-0.15, -0.1) is 0 Å². The van der Waals surface area contributed by atoms with Crippen molar-refractivity contribution < 1.29 is 17.6 Å². The van der Waals surface area contributed by atoms with Crippen molar-refractivity contribution in [3.05, 3.63) is 53.3 Å². The molecule has 0 saturated heterocycles. The Morgan fingerprint density at radius 2 is 1.92 bits per heavy atom. The maximum absolute atomic E-state index is 13.2. The topological polar surface area (TPSA) is 101 Å². The molecule has 2 aromatic carbocycles. The van der Waals surface area contributed by atoms with Gasteiger partial charge in [0.1, 0.15) is 5.82 Å². The summed E-state index contributed by atoms with van der Waals surface area (Å²) in [7, 11) is -3.73. The van der Waals surface area contributed by atoms with E-state index in [2.05, 4.69) is 10.0 Å². The van der Waals surface area contributed by atoms with Crippen LogP contribution in [-0.4, -0.2) is 20.4 Å². The van der Waals surface area contributed by atoms with Gasteiger partial charge < -0.3 is 11.1 Å². The van der Waals surface area contributed by atoms with Crippen molar-refractivity contribution in [1.82, 2.24) is 4.72 Å². The largest absolute Gasteiger partial charge is 0.396 e. The van der Waals surface area contributed by atoms with E-state index < -0.39 is 21.7 Å². The Morgan fingerprint density at radius 3 is 2.54 bits per heavy atom. The van der Waals surface area contributed by atoms with Crippen molar-refractivity contribution >= 4 is 27.3 Å². The lowest BCUT2D eigenvalue weighted by atomic mass is 10.1. The predicted molar refractivity (Wildman–Crippen MR) is 100 cm³/mol. The summed E-state index contributed by atoms with van der Waals surface area (Å²) in [6, 6.07) is 7.95. The van der Waals surface area contributed by atoms with Crippen molar-refractivity contribution in [2.24, 2.45) is 0 Å². The Bertz CT molecular complexity index is 929. The van der Waals surface area contributed by atoms with Crippen LogP contribution in [0.1, 0.15) is 36.2 Å². The van der Waals surface area contributed by atoms with Gasteiger partial charge in [0.2, 0.25) is 10.0 Å². The van der Waals surface area contributed by atoms with E-state index in [1.807, 2.05) is 6.92 Å². The van der Waals surface area contributed by atoms with Gasteiger partial charge in [0.05, 0.1) is 10.6 Å². The molecule has 0 aliphatic rings. The monoisotopic (exact) mass is 379 g/mol. The smallest absolute Gasteiger partial charge is 0.255 e. The maximum atomic E-state index is 13.2. The molecule has 0 aliphatic carbocycles. The van der Waals surface area contributed by atoms with Crippen LogP contribution in [0.15, 0.2) is 41.3 Å². The van der Waals surface area contributed by atoms with Crippen LogP contribution >= 0.6 is 0 Å². The van der Waals surface area contributed by atoms with E-state index in [0.717, 1.165) is 6.07 Å². The van der Waals surface area contributed by atoms with Gasteiger partial charge in [0.25, 0.3) is 5.91 Å². The fourth-order valence-electron chi connectivity index (χ4n) is 2.25. The van der Waals surface area contributed by atoms with Crippen LogP contribution in [0.25, 0.3) is 0 Å². The quantitative estimate of drug-likeness (QED) is 0.672. The average Bonchev–Trinajstić information content (AvgIpc) is 2.57. The van der Waals surface area contributed by atoms with Crippen molar-refractivity contribution in [3.8, 4) is 0 Å². The molecule has 0 fully saturated rings. The molecular weight excluding hydrogens is 357 g/mol. The highest BCUT2D eigenvalue weighted by atomic mass is 32.2. The Kier molecular flexibility index (Phi) is 5.99. The first kappa shape index (κ1) is 19.9. The van der Waals surface area contributed by atoms with Gasteiger partial charge in [-0.1, -0.05) is 13.0 Å². The number of carbonyl (C=O) groups excluding carboxylic acids is 1. The number of sulfonamides is 1. The van der Waals surface area contributed by atoms with E-state index in [4.69, 9.17) is 5.73 Å². The Balaban J connectivity index is 2.31. The Labute approximate surface area is 152 Å². The van der Waals surface area contributed by atoms with Crippen molar-refractivity contribution in [3.63, 3.8) is 0 Å². The molecule has 0 bridgehead atoms. The van der Waals surface area contributed by atoms with Crippen LogP contribution in [0.3, 0.4) is 0 Å². The number of nitrogens with one attached hydrogen (secondary N) is 2. The number of carbonyl (C=O) groups is 1. The fraction of sp³-hybridized carbons (Fsp3) is 0.278. The summed E-state index contributed by atoms with van der Waals surface area (Å²) in [6.07, 6.45) is 0.643. The highest BCUT2D eigenvalue weighted by molar-refractivity contribution is 7.89. The Hall–Kier alpha value is -2.45. The third kappa shape index (κ3) is 4.59. The van der Waals surface area contributed by atoms with Gasteiger partial charge in [0, 0.05) is 17.3 Å². The van der Waals surface area contributed by atoms with Gasteiger partial charge in [-0.3, -0.25) is 4.79 Å². The molecule has 0 radical (unpaired) electrons. The second-order valence-corrected chi connectivity index (χ2v) is 7.81. The van der Waals surface area contributed by atoms with E-state index in [9.17, 15) is 17.6 Å². The minimum Gasteiger partial charge on any atom is -0.396 e. The molecule has 2 aromatic rings. The van der Waals surface area contributed by atoms with Gasteiger partial charge in [-0.2, -0.15) is 0 Å². The first-order valence-corrected chi connectivity index (χ1v) is 9.61. The van der Waals surface area contributed by atoms with E-state index in [-0.39, 0.29) is 22.2 Å². The number of hydrogen-bond acceptors (Lipinski definition) is 4. The fourth-order valence-corrected chi connectivity index (χ4v) is 3.60.